The van der Waals surface area contributed by atoms with E-state index in [0.29, 0.717) is 6.54 Å². The number of carbonyl (C=O) groups is 1. The van der Waals surface area contributed by atoms with Gasteiger partial charge in [0, 0.05) is 17.4 Å². The van der Waals surface area contributed by atoms with Crippen LogP contribution in [0.15, 0.2) is 91.1 Å². The van der Waals surface area contributed by atoms with Gasteiger partial charge in [-0.15, -0.1) is 0 Å². The highest BCUT2D eigenvalue weighted by atomic mass is 19.1. The Balaban J connectivity index is 1.52. The van der Waals surface area contributed by atoms with Crippen molar-refractivity contribution in [2.75, 3.05) is 5.32 Å². The molecule has 0 saturated carbocycles. The number of aromatic nitrogens is 3. The Bertz CT molecular complexity index is 1640. The standard InChI is InChI=1S/C31H28FN5O/c1-20-11-16-25(18-21(20)2)33-31(38)36-19-27-22(3)34-37(26-8-5-4-6-9-26)30(27)35-17-7-10-28(35)29(36)23-12-14-24(32)15-13-23/h4-18,29H,19H2,1-3H3,(H,33,38). The highest BCUT2D eigenvalue weighted by Gasteiger charge is 2.36. The number of fused-ring (bicyclic) bond motifs is 3. The lowest BCUT2D eigenvalue weighted by Crippen LogP contribution is -2.38. The van der Waals surface area contributed by atoms with E-state index < -0.39 is 6.04 Å². The first-order valence-electron chi connectivity index (χ1n) is 12.6. The van der Waals surface area contributed by atoms with Gasteiger partial charge in [-0.2, -0.15) is 5.10 Å². The molecule has 1 unspecified atom stereocenters. The van der Waals surface area contributed by atoms with E-state index in [1.54, 1.807) is 12.1 Å². The fourth-order valence-electron chi connectivity index (χ4n) is 5.16. The Kier molecular flexibility index (Phi) is 5.83. The monoisotopic (exact) mass is 505 g/mol. The van der Waals surface area contributed by atoms with Crippen molar-refractivity contribution in [1.29, 1.82) is 0 Å². The predicted octanol–water partition coefficient (Wildman–Crippen LogP) is 6.86. The molecule has 1 N–H and O–H groups in total. The molecular formula is C31H28FN5O. The maximum absolute atomic E-state index is 14.0. The van der Waals surface area contributed by atoms with Gasteiger partial charge in [0.15, 0.2) is 0 Å². The summed E-state index contributed by atoms with van der Waals surface area (Å²) < 4.78 is 18.0. The second-order valence-electron chi connectivity index (χ2n) is 9.75. The molecule has 38 heavy (non-hydrogen) atoms. The first-order valence-corrected chi connectivity index (χ1v) is 12.6. The topological polar surface area (TPSA) is 55.1 Å². The van der Waals surface area contributed by atoms with Crippen molar-refractivity contribution in [3.8, 4) is 11.5 Å². The predicted molar refractivity (Wildman–Crippen MR) is 146 cm³/mol. The van der Waals surface area contributed by atoms with Crippen LogP contribution in [0.5, 0.6) is 0 Å². The SMILES string of the molecule is Cc1ccc(NC(=O)N2Cc3c(C)nn(-c4ccccc4)c3-n3cccc3C2c2ccc(F)cc2)cc1C. The third-order valence-corrected chi connectivity index (χ3v) is 7.29. The van der Waals surface area contributed by atoms with Crippen LogP contribution >= 0.6 is 0 Å². The molecule has 0 saturated heterocycles. The summed E-state index contributed by atoms with van der Waals surface area (Å²) in [7, 11) is 0. The summed E-state index contributed by atoms with van der Waals surface area (Å²) in [6, 6.07) is 25.5. The van der Waals surface area contributed by atoms with Gasteiger partial charge in [-0.25, -0.2) is 13.9 Å². The Morgan fingerprint density at radius 1 is 0.921 bits per heavy atom. The van der Waals surface area contributed by atoms with Crippen molar-refractivity contribution in [2.24, 2.45) is 0 Å². The van der Waals surface area contributed by atoms with E-state index in [2.05, 4.69) is 9.88 Å². The largest absolute Gasteiger partial charge is 0.322 e. The lowest BCUT2D eigenvalue weighted by molar-refractivity contribution is 0.194. The summed E-state index contributed by atoms with van der Waals surface area (Å²) >= 11 is 0. The third kappa shape index (κ3) is 4.06. The van der Waals surface area contributed by atoms with E-state index in [1.165, 1.54) is 12.1 Å². The minimum Gasteiger partial charge on any atom is -0.308 e. The highest BCUT2D eigenvalue weighted by Crippen LogP contribution is 2.38. The Morgan fingerprint density at radius 2 is 1.68 bits per heavy atom. The molecule has 2 amide bonds. The fourth-order valence-corrected chi connectivity index (χ4v) is 5.16. The molecule has 6 nitrogen and oxygen atoms in total. The maximum atomic E-state index is 14.0. The molecule has 190 valence electrons. The highest BCUT2D eigenvalue weighted by molar-refractivity contribution is 5.90. The van der Waals surface area contributed by atoms with E-state index >= 15 is 0 Å². The zero-order chi connectivity index (χ0) is 26.4. The van der Waals surface area contributed by atoms with Gasteiger partial charge in [0.05, 0.1) is 29.7 Å². The minimum atomic E-state index is -0.451. The summed E-state index contributed by atoms with van der Waals surface area (Å²) in [5.74, 6) is 0.574. The van der Waals surface area contributed by atoms with Crippen molar-refractivity contribution >= 4 is 11.7 Å². The average Bonchev–Trinajstić information content (AvgIpc) is 3.48. The molecule has 1 atom stereocenters. The number of halogens is 1. The van der Waals surface area contributed by atoms with E-state index in [0.717, 1.165) is 50.8 Å². The van der Waals surface area contributed by atoms with E-state index in [4.69, 9.17) is 5.10 Å². The van der Waals surface area contributed by atoms with E-state index in [-0.39, 0.29) is 11.8 Å². The number of nitrogens with one attached hydrogen (secondary N) is 1. The van der Waals surface area contributed by atoms with Crippen LogP contribution in [-0.2, 0) is 6.54 Å². The van der Waals surface area contributed by atoms with Crippen LogP contribution in [0.2, 0.25) is 0 Å². The molecule has 6 rings (SSSR count). The number of benzene rings is 3. The van der Waals surface area contributed by atoms with Gasteiger partial charge in [0.25, 0.3) is 0 Å². The number of para-hydroxylation sites is 1. The molecule has 0 aliphatic carbocycles. The number of carbonyl (C=O) groups excluding carboxylic acids is 1. The number of aryl methyl sites for hydroxylation is 3. The van der Waals surface area contributed by atoms with Crippen molar-refractivity contribution < 1.29 is 9.18 Å². The molecule has 5 aromatic rings. The minimum absolute atomic E-state index is 0.241. The normalized spacial score (nSPS) is 14.5. The molecule has 0 fully saturated rings. The van der Waals surface area contributed by atoms with Gasteiger partial charge < -0.3 is 14.8 Å². The lowest BCUT2D eigenvalue weighted by atomic mass is 10.0. The second kappa shape index (κ2) is 9.34. The lowest BCUT2D eigenvalue weighted by Gasteiger charge is -2.31. The number of hydrogen-bond donors (Lipinski definition) is 1. The summed E-state index contributed by atoms with van der Waals surface area (Å²) in [5, 5.41) is 7.99. The van der Waals surface area contributed by atoms with Crippen molar-refractivity contribution in [1.82, 2.24) is 19.2 Å². The summed E-state index contributed by atoms with van der Waals surface area (Å²) in [5.41, 5.74) is 7.43. The zero-order valence-corrected chi connectivity index (χ0v) is 21.5. The molecular weight excluding hydrogens is 477 g/mol. The smallest absolute Gasteiger partial charge is 0.308 e. The number of amides is 2. The molecule has 3 aromatic carbocycles. The molecule has 0 radical (unpaired) electrons. The van der Waals surface area contributed by atoms with Crippen LogP contribution in [0.4, 0.5) is 14.9 Å². The van der Waals surface area contributed by atoms with E-state index in [9.17, 15) is 9.18 Å². The van der Waals surface area contributed by atoms with Gasteiger partial charge in [-0.3, -0.25) is 0 Å². The summed E-state index contributed by atoms with van der Waals surface area (Å²) in [4.78, 5) is 15.8. The van der Waals surface area contributed by atoms with Crippen LogP contribution in [0, 0.1) is 26.6 Å². The van der Waals surface area contributed by atoms with Crippen molar-refractivity contribution in [3.63, 3.8) is 0 Å². The zero-order valence-electron chi connectivity index (χ0n) is 21.5. The molecule has 7 heteroatoms. The Labute approximate surface area is 221 Å². The molecule has 1 aliphatic rings. The van der Waals surface area contributed by atoms with Crippen LogP contribution in [0.1, 0.15) is 39.7 Å². The van der Waals surface area contributed by atoms with Crippen molar-refractivity contribution in [2.45, 2.75) is 33.4 Å². The molecule has 0 bridgehead atoms. The molecule has 1 aliphatic heterocycles. The van der Waals surface area contributed by atoms with Gasteiger partial charge >= 0.3 is 6.03 Å². The van der Waals surface area contributed by atoms with Crippen LogP contribution < -0.4 is 5.32 Å². The fraction of sp³-hybridized carbons (Fsp3) is 0.161. The van der Waals surface area contributed by atoms with Gasteiger partial charge in [0.1, 0.15) is 11.6 Å². The number of urea groups is 1. The maximum Gasteiger partial charge on any atom is 0.322 e. The molecule has 0 spiro atoms. The van der Waals surface area contributed by atoms with Crippen LogP contribution in [0.25, 0.3) is 11.5 Å². The number of nitrogens with zero attached hydrogens (tertiary/aromatic N) is 4. The molecule has 2 aromatic heterocycles. The number of hydrogen-bond acceptors (Lipinski definition) is 2. The third-order valence-electron chi connectivity index (χ3n) is 7.29. The summed E-state index contributed by atoms with van der Waals surface area (Å²) in [6.45, 7) is 6.37. The first-order chi connectivity index (χ1) is 18.4. The number of anilines is 1. The van der Waals surface area contributed by atoms with E-state index in [1.807, 2.05) is 97.2 Å². The first kappa shape index (κ1) is 23.7. The molecule has 3 heterocycles. The number of rotatable bonds is 3. The Hall–Kier alpha value is -4.65. The summed E-state index contributed by atoms with van der Waals surface area (Å²) in [6.07, 6.45) is 2.00. The second-order valence-corrected chi connectivity index (χ2v) is 9.75. The van der Waals surface area contributed by atoms with Gasteiger partial charge in [-0.1, -0.05) is 36.4 Å². The van der Waals surface area contributed by atoms with Crippen LogP contribution in [0.3, 0.4) is 0 Å². The average molecular weight is 506 g/mol. The van der Waals surface area contributed by atoms with Crippen molar-refractivity contribution in [3.05, 3.63) is 131 Å². The van der Waals surface area contributed by atoms with Crippen LogP contribution in [-0.4, -0.2) is 25.3 Å². The quantitative estimate of drug-likeness (QED) is 0.291. The van der Waals surface area contributed by atoms with Gasteiger partial charge in [-0.05, 0) is 86.0 Å². The van der Waals surface area contributed by atoms with Gasteiger partial charge in [0.2, 0.25) is 0 Å². The Morgan fingerprint density at radius 3 is 2.42 bits per heavy atom.